The van der Waals surface area contributed by atoms with Crippen LogP contribution in [0.5, 0.6) is 5.75 Å². The Morgan fingerprint density at radius 3 is 2.59 bits per heavy atom. The minimum Gasteiger partial charge on any atom is -0.402 e. The van der Waals surface area contributed by atoms with Gasteiger partial charge in [-0.15, -0.1) is 13.2 Å². The van der Waals surface area contributed by atoms with Gasteiger partial charge in [0.2, 0.25) is 0 Å². The lowest BCUT2D eigenvalue weighted by molar-refractivity contribution is -0.274. The molecule has 2 aromatic rings. The number of nitrogen functional groups attached to an aromatic ring is 1. The molecule has 0 bridgehead atoms. The van der Waals surface area contributed by atoms with Crippen molar-refractivity contribution in [1.82, 2.24) is 19.7 Å². The Bertz CT molecular complexity index is 1070. The van der Waals surface area contributed by atoms with E-state index in [1.54, 1.807) is 7.11 Å². The molecule has 6 rings (SSSR count). The molecule has 3 aliphatic carbocycles. The monoisotopic (exact) mass is 449 g/mol. The second-order valence-electron chi connectivity index (χ2n) is 9.82. The number of alkyl halides is 3. The van der Waals surface area contributed by atoms with E-state index >= 15 is 0 Å². The molecule has 1 aliphatic heterocycles. The summed E-state index contributed by atoms with van der Waals surface area (Å²) in [5.41, 5.74) is 8.02. The molecule has 0 amide bonds. The highest BCUT2D eigenvalue weighted by Crippen LogP contribution is 2.87. The maximum atomic E-state index is 12.7. The number of likely N-dealkylation sites (tertiary alicyclic amines) is 1. The highest BCUT2D eigenvalue weighted by molar-refractivity contribution is 5.66. The molecule has 0 radical (unpaired) electrons. The maximum Gasteiger partial charge on any atom is 0.573 e. The van der Waals surface area contributed by atoms with E-state index in [1.807, 2.05) is 10.7 Å². The van der Waals surface area contributed by atoms with Gasteiger partial charge in [0, 0.05) is 55.2 Å². The van der Waals surface area contributed by atoms with Crippen molar-refractivity contribution in [1.29, 1.82) is 0 Å². The Morgan fingerprint density at radius 2 is 1.97 bits per heavy atom. The first-order chi connectivity index (χ1) is 15.1. The van der Waals surface area contributed by atoms with E-state index in [0.717, 1.165) is 13.1 Å². The van der Waals surface area contributed by atoms with Gasteiger partial charge in [-0.2, -0.15) is 5.10 Å². The summed E-state index contributed by atoms with van der Waals surface area (Å²) < 4.78 is 49.7. The van der Waals surface area contributed by atoms with Crippen LogP contribution >= 0.6 is 0 Å². The van der Waals surface area contributed by atoms with E-state index < -0.39 is 12.1 Å². The third-order valence-electron chi connectivity index (χ3n) is 8.09. The minimum atomic E-state index is -4.84. The van der Waals surface area contributed by atoms with E-state index in [4.69, 9.17) is 15.6 Å². The molecule has 0 spiro atoms. The summed E-state index contributed by atoms with van der Waals surface area (Å²) in [6.45, 7) is 6.16. The average molecular weight is 449 g/mol. The number of aromatic nitrogens is 3. The summed E-state index contributed by atoms with van der Waals surface area (Å²) in [7, 11) is 1.77. The fourth-order valence-corrected chi connectivity index (χ4v) is 6.71. The van der Waals surface area contributed by atoms with Gasteiger partial charge in [-0.1, -0.05) is 0 Å². The zero-order valence-corrected chi connectivity index (χ0v) is 18.1. The summed E-state index contributed by atoms with van der Waals surface area (Å²) in [6.07, 6.45) is -1.79. The Balaban J connectivity index is 1.30. The number of pyridine rings is 1. The molecule has 4 aliphatic rings. The van der Waals surface area contributed by atoms with E-state index in [2.05, 4.69) is 28.5 Å². The lowest BCUT2D eigenvalue weighted by Crippen LogP contribution is -2.65. The molecule has 32 heavy (non-hydrogen) atoms. The molecule has 2 N–H and O–H groups in total. The number of methoxy groups -OCH3 is 1. The lowest BCUT2D eigenvalue weighted by Gasteiger charge is -2.55. The second-order valence-corrected chi connectivity index (χ2v) is 9.82. The summed E-state index contributed by atoms with van der Waals surface area (Å²) in [6, 6.07) is 4.07. The summed E-state index contributed by atoms with van der Waals surface area (Å²) >= 11 is 0. The molecule has 1 saturated heterocycles. The van der Waals surface area contributed by atoms with Crippen LogP contribution in [0.2, 0.25) is 0 Å². The number of fused-ring (bicyclic) bond motifs is 1. The van der Waals surface area contributed by atoms with Crippen LogP contribution in [0.4, 0.5) is 19.0 Å². The van der Waals surface area contributed by atoms with Gasteiger partial charge in [0.15, 0.2) is 11.6 Å². The van der Waals surface area contributed by atoms with Gasteiger partial charge in [0.25, 0.3) is 0 Å². The van der Waals surface area contributed by atoms with Gasteiger partial charge in [-0.05, 0) is 50.2 Å². The highest BCUT2D eigenvalue weighted by Gasteiger charge is 2.90. The minimum absolute atomic E-state index is 0.141. The molecule has 3 unspecified atom stereocenters. The van der Waals surface area contributed by atoms with E-state index in [9.17, 15) is 13.2 Å². The van der Waals surface area contributed by atoms with Crippen LogP contribution in [0.3, 0.4) is 0 Å². The Kier molecular flexibility index (Phi) is 4.04. The second kappa shape index (κ2) is 6.38. The summed E-state index contributed by atoms with van der Waals surface area (Å²) in [5, 5.41) is 4.77. The summed E-state index contributed by atoms with van der Waals surface area (Å²) in [5.74, 6) is 1.12. The van der Waals surface area contributed by atoms with Gasteiger partial charge >= 0.3 is 6.36 Å². The smallest absolute Gasteiger partial charge is 0.402 e. The van der Waals surface area contributed by atoms with Crippen molar-refractivity contribution in [3.8, 4) is 17.0 Å². The molecule has 5 atom stereocenters. The zero-order valence-electron chi connectivity index (χ0n) is 18.1. The fourth-order valence-electron chi connectivity index (χ4n) is 6.71. The summed E-state index contributed by atoms with van der Waals surface area (Å²) in [4.78, 5) is 6.46. The van der Waals surface area contributed by atoms with Gasteiger partial charge in [0.05, 0.1) is 11.8 Å². The SMILES string of the molecule is COC1CN(C2C3C[C@H]4C2[C@@]34c2cc(-c3cnc(N)c(OC(F)(F)F)c3)nn2C(C)C)C1. The Hall–Kier alpha value is -2.33. The predicted molar refractivity (Wildman–Crippen MR) is 110 cm³/mol. The van der Waals surface area contributed by atoms with Crippen LogP contribution in [0.15, 0.2) is 18.3 Å². The number of nitrogens with two attached hydrogens (primary N) is 1. The number of anilines is 1. The lowest BCUT2D eigenvalue weighted by atomic mass is 9.60. The average Bonchev–Trinajstić information content (AvgIpc) is 3.10. The van der Waals surface area contributed by atoms with Crippen molar-refractivity contribution >= 4 is 5.82 Å². The largest absolute Gasteiger partial charge is 0.573 e. The van der Waals surface area contributed by atoms with Crippen molar-refractivity contribution in [2.45, 2.75) is 50.2 Å². The van der Waals surface area contributed by atoms with Gasteiger partial charge in [-0.25, -0.2) is 4.98 Å². The molecular formula is C22H26F3N5O2. The van der Waals surface area contributed by atoms with E-state index in [-0.39, 0.29) is 17.3 Å². The molecule has 7 nitrogen and oxygen atoms in total. The molecule has 0 aromatic carbocycles. The molecular weight excluding hydrogens is 423 g/mol. The predicted octanol–water partition coefficient (Wildman–Crippen LogP) is 3.22. The number of nitrogens with zero attached hydrogens (tertiary/aromatic N) is 4. The van der Waals surface area contributed by atoms with Crippen molar-refractivity contribution < 1.29 is 22.6 Å². The van der Waals surface area contributed by atoms with Crippen LogP contribution in [0, 0.1) is 17.8 Å². The number of ether oxygens (including phenoxy) is 2. The van der Waals surface area contributed by atoms with Crippen molar-refractivity contribution in [2.24, 2.45) is 17.8 Å². The third kappa shape index (κ3) is 2.56. The van der Waals surface area contributed by atoms with Crippen LogP contribution in [-0.4, -0.2) is 58.4 Å². The van der Waals surface area contributed by atoms with Gasteiger partial charge in [0.1, 0.15) is 0 Å². The zero-order chi connectivity index (χ0) is 22.6. The topological polar surface area (TPSA) is 78.4 Å². The fraction of sp³-hybridized carbons (Fsp3) is 0.636. The van der Waals surface area contributed by atoms with Crippen LogP contribution in [0.25, 0.3) is 11.3 Å². The van der Waals surface area contributed by atoms with Crippen molar-refractivity contribution in [2.75, 3.05) is 25.9 Å². The van der Waals surface area contributed by atoms with Crippen LogP contribution < -0.4 is 10.5 Å². The molecule has 10 heteroatoms. The molecule has 172 valence electrons. The van der Waals surface area contributed by atoms with E-state index in [1.165, 1.54) is 24.4 Å². The molecule has 3 heterocycles. The maximum absolute atomic E-state index is 12.7. The Labute approximate surface area is 183 Å². The van der Waals surface area contributed by atoms with Gasteiger partial charge < -0.3 is 15.2 Å². The van der Waals surface area contributed by atoms with E-state index in [0.29, 0.717) is 41.2 Å². The number of rotatable bonds is 6. The van der Waals surface area contributed by atoms with Gasteiger partial charge in [-0.3, -0.25) is 9.58 Å². The first kappa shape index (κ1) is 20.3. The number of hydrogen-bond acceptors (Lipinski definition) is 6. The first-order valence-electron chi connectivity index (χ1n) is 11.0. The standard InChI is InChI=1S/C22H26F3N5O2/c1-10(2)30-17(21-13-5-14(21)19(18(13)21)29-8-12(9-29)31-3)6-15(28-30)11-4-16(20(26)27-7-11)32-22(23,24)25/h4,6-7,10,12-14,18-19H,5,8-9H2,1-3H3,(H2,26,27)/t13-,14?,18?,19?,21+/m0/s1. The van der Waals surface area contributed by atoms with Crippen LogP contribution in [0.1, 0.15) is 32.0 Å². The first-order valence-corrected chi connectivity index (χ1v) is 11.0. The van der Waals surface area contributed by atoms with Crippen LogP contribution in [-0.2, 0) is 10.2 Å². The van der Waals surface area contributed by atoms with Crippen molar-refractivity contribution in [3.63, 3.8) is 0 Å². The third-order valence-corrected chi connectivity index (χ3v) is 8.09. The Morgan fingerprint density at radius 1 is 1.22 bits per heavy atom. The molecule has 2 aromatic heterocycles. The number of halogens is 3. The quantitative estimate of drug-likeness (QED) is 0.730. The normalized spacial score (nSPS) is 33.3. The molecule has 4 fully saturated rings. The molecule has 3 saturated carbocycles. The number of hydrogen-bond donors (Lipinski definition) is 1. The van der Waals surface area contributed by atoms with Crippen molar-refractivity contribution in [3.05, 3.63) is 24.0 Å². The highest BCUT2D eigenvalue weighted by atomic mass is 19.4.